The van der Waals surface area contributed by atoms with Crippen molar-refractivity contribution in [1.29, 1.82) is 0 Å². The fourth-order valence-corrected chi connectivity index (χ4v) is 2.64. The Morgan fingerprint density at radius 3 is 2.71 bits per heavy atom. The lowest BCUT2D eigenvalue weighted by atomic mass is 9.92. The number of amides is 2. The first kappa shape index (κ1) is 15.5. The van der Waals surface area contributed by atoms with E-state index in [-0.39, 0.29) is 17.9 Å². The Labute approximate surface area is 123 Å². The highest BCUT2D eigenvalue weighted by Crippen LogP contribution is 2.22. The van der Waals surface area contributed by atoms with Gasteiger partial charge in [-0.3, -0.25) is 19.8 Å². The zero-order chi connectivity index (χ0) is 15.4. The van der Waals surface area contributed by atoms with E-state index in [0.717, 1.165) is 31.6 Å². The lowest BCUT2D eigenvalue weighted by molar-refractivity contribution is -0.122. The number of rotatable bonds is 5. The number of nitrogens with one attached hydrogen (secondary N) is 1. The van der Waals surface area contributed by atoms with Crippen LogP contribution in [-0.4, -0.2) is 41.0 Å². The molecule has 116 valence electrons. The minimum absolute atomic E-state index is 0.112. The van der Waals surface area contributed by atoms with E-state index in [9.17, 15) is 9.59 Å². The van der Waals surface area contributed by atoms with Crippen molar-refractivity contribution in [2.75, 3.05) is 18.4 Å². The summed E-state index contributed by atoms with van der Waals surface area (Å²) in [6, 6.07) is 1.44. The number of nitrogens with two attached hydrogens (primary N) is 1. The molecule has 0 saturated carbocycles. The summed E-state index contributed by atoms with van der Waals surface area (Å²) in [6.07, 6.45) is 2.22. The van der Waals surface area contributed by atoms with Crippen LogP contribution in [0.1, 0.15) is 31.9 Å². The Hall–Kier alpha value is -1.89. The first-order chi connectivity index (χ1) is 9.95. The number of hydrogen-bond acceptors (Lipinski definition) is 5. The van der Waals surface area contributed by atoms with Gasteiger partial charge in [-0.1, -0.05) is 5.16 Å². The number of hydrogen-bond donors (Lipinski definition) is 2. The van der Waals surface area contributed by atoms with Gasteiger partial charge in [0.1, 0.15) is 0 Å². The van der Waals surface area contributed by atoms with Crippen molar-refractivity contribution < 1.29 is 14.1 Å². The molecule has 1 atom stereocenters. The summed E-state index contributed by atoms with van der Waals surface area (Å²) in [5.41, 5.74) is 5.95. The van der Waals surface area contributed by atoms with Gasteiger partial charge < -0.3 is 10.3 Å². The Morgan fingerprint density at radius 1 is 1.52 bits per heavy atom. The van der Waals surface area contributed by atoms with Gasteiger partial charge in [0.15, 0.2) is 0 Å². The van der Waals surface area contributed by atoms with Gasteiger partial charge >= 0.3 is 0 Å². The van der Waals surface area contributed by atoms with Crippen molar-refractivity contribution >= 4 is 17.7 Å². The fourth-order valence-electron chi connectivity index (χ4n) is 2.64. The lowest BCUT2D eigenvalue weighted by Gasteiger charge is -2.34. The topological polar surface area (TPSA) is 101 Å². The standard InChI is InChI=1S/C14H22N4O3/c1-9-7-13(21-17-9)16-14(20)10(2)18-5-3-11(4-6-18)8-12(15)19/h7,10-11H,3-6,8H2,1-2H3,(H2,15,19)(H,16,20). The summed E-state index contributed by atoms with van der Waals surface area (Å²) in [5, 5.41) is 6.45. The number of aromatic nitrogens is 1. The molecule has 0 radical (unpaired) electrons. The minimum atomic E-state index is -0.250. The average molecular weight is 294 g/mol. The van der Waals surface area contributed by atoms with Crippen LogP contribution in [0.2, 0.25) is 0 Å². The van der Waals surface area contributed by atoms with E-state index < -0.39 is 0 Å². The maximum absolute atomic E-state index is 12.2. The molecule has 0 spiro atoms. The SMILES string of the molecule is Cc1cc(NC(=O)C(C)N2CCC(CC(N)=O)CC2)on1. The van der Waals surface area contributed by atoms with E-state index in [2.05, 4.69) is 15.4 Å². The Balaban J connectivity index is 1.82. The summed E-state index contributed by atoms with van der Waals surface area (Å²) in [6.45, 7) is 5.25. The van der Waals surface area contributed by atoms with Crippen molar-refractivity contribution in [2.24, 2.45) is 11.7 Å². The number of piperidine rings is 1. The molecule has 2 rings (SSSR count). The number of likely N-dealkylation sites (tertiary alicyclic amines) is 1. The summed E-state index contributed by atoms with van der Waals surface area (Å²) < 4.78 is 4.98. The smallest absolute Gasteiger partial charge is 0.243 e. The third kappa shape index (κ3) is 4.29. The molecule has 7 heteroatoms. The number of anilines is 1. The first-order valence-corrected chi connectivity index (χ1v) is 7.22. The number of primary amides is 1. The molecule has 21 heavy (non-hydrogen) atoms. The van der Waals surface area contributed by atoms with E-state index in [4.69, 9.17) is 10.3 Å². The van der Waals surface area contributed by atoms with Gasteiger partial charge in [0, 0.05) is 12.5 Å². The van der Waals surface area contributed by atoms with E-state index >= 15 is 0 Å². The van der Waals surface area contributed by atoms with E-state index in [0.29, 0.717) is 18.2 Å². The maximum Gasteiger partial charge on any atom is 0.243 e. The molecule has 7 nitrogen and oxygen atoms in total. The third-order valence-electron chi connectivity index (χ3n) is 3.94. The summed E-state index contributed by atoms with van der Waals surface area (Å²) in [7, 11) is 0. The first-order valence-electron chi connectivity index (χ1n) is 7.22. The number of carbonyl (C=O) groups is 2. The zero-order valence-corrected chi connectivity index (χ0v) is 12.5. The van der Waals surface area contributed by atoms with Gasteiger partial charge in [0.05, 0.1) is 11.7 Å². The predicted octanol–water partition coefficient (Wildman–Crippen LogP) is 0.897. The molecule has 0 aliphatic carbocycles. The van der Waals surface area contributed by atoms with Crippen molar-refractivity contribution in [1.82, 2.24) is 10.1 Å². The average Bonchev–Trinajstić information content (AvgIpc) is 2.83. The maximum atomic E-state index is 12.2. The molecular weight excluding hydrogens is 272 g/mol. The molecular formula is C14H22N4O3. The number of nitrogens with zero attached hydrogens (tertiary/aromatic N) is 2. The van der Waals surface area contributed by atoms with Gasteiger partial charge in [-0.2, -0.15) is 0 Å². The molecule has 1 aliphatic heterocycles. The second kappa shape index (κ2) is 6.71. The third-order valence-corrected chi connectivity index (χ3v) is 3.94. The van der Waals surface area contributed by atoms with E-state index in [1.165, 1.54) is 0 Å². The molecule has 1 aromatic heterocycles. The van der Waals surface area contributed by atoms with E-state index in [1.54, 1.807) is 13.0 Å². The van der Waals surface area contributed by atoms with Crippen LogP contribution >= 0.6 is 0 Å². The Morgan fingerprint density at radius 2 is 2.19 bits per heavy atom. The minimum Gasteiger partial charge on any atom is -0.370 e. The quantitative estimate of drug-likeness (QED) is 0.840. The van der Waals surface area contributed by atoms with E-state index in [1.807, 2.05) is 6.92 Å². The second-order valence-corrected chi connectivity index (χ2v) is 5.65. The van der Waals surface area contributed by atoms with Crippen LogP contribution < -0.4 is 11.1 Å². The van der Waals surface area contributed by atoms with Crippen molar-refractivity contribution in [3.8, 4) is 0 Å². The Bertz CT molecular complexity index is 506. The summed E-state index contributed by atoms with van der Waals surface area (Å²) in [5.74, 6) is 0.346. The highest BCUT2D eigenvalue weighted by molar-refractivity contribution is 5.93. The Kier molecular flexibility index (Phi) is 4.95. The molecule has 1 unspecified atom stereocenters. The second-order valence-electron chi connectivity index (χ2n) is 5.65. The monoisotopic (exact) mass is 294 g/mol. The molecule has 2 amide bonds. The molecule has 1 fully saturated rings. The number of aryl methyl sites for hydroxylation is 1. The lowest BCUT2D eigenvalue weighted by Crippen LogP contribution is -2.46. The van der Waals surface area contributed by atoms with Crippen LogP contribution in [0.25, 0.3) is 0 Å². The largest absolute Gasteiger partial charge is 0.370 e. The summed E-state index contributed by atoms with van der Waals surface area (Å²) in [4.78, 5) is 25.2. The van der Waals surface area contributed by atoms with Crippen LogP contribution in [0.3, 0.4) is 0 Å². The van der Waals surface area contributed by atoms with Crippen LogP contribution in [0.5, 0.6) is 0 Å². The van der Waals surface area contributed by atoms with Crippen molar-refractivity contribution in [3.63, 3.8) is 0 Å². The van der Waals surface area contributed by atoms with Crippen LogP contribution in [0.15, 0.2) is 10.6 Å². The van der Waals surface area contributed by atoms with Crippen molar-refractivity contribution in [3.05, 3.63) is 11.8 Å². The summed E-state index contributed by atoms with van der Waals surface area (Å²) >= 11 is 0. The normalized spacial score (nSPS) is 18.4. The molecule has 3 N–H and O–H groups in total. The molecule has 0 aromatic carbocycles. The highest BCUT2D eigenvalue weighted by atomic mass is 16.5. The molecule has 1 aromatic rings. The molecule has 1 aliphatic rings. The van der Waals surface area contributed by atoms with Gasteiger partial charge in [0.2, 0.25) is 17.7 Å². The van der Waals surface area contributed by atoms with Gasteiger partial charge in [0.25, 0.3) is 0 Å². The van der Waals surface area contributed by atoms with Gasteiger partial charge in [-0.15, -0.1) is 0 Å². The van der Waals surface area contributed by atoms with Crippen molar-refractivity contribution in [2.45, 2.75) is 39.2 Å². The molecule has 2 heterocycles. The van der Waals surface area contributed by atoms with Gasteiger partial charge in [-0.25, -0.2) is 0 Å². The van der Waals surface area contributed by atoms with Crippen LogP contribution in [-0.2, 0) is 9.59 Å². The molecule has 1 saturated heterocycles. The molecule has 0 bridgehead atoms. The fraction of sp³-hybridized carbons (Fsp3) is 0.643. The number of carbonyl (C=O) groups excluding carboxylic acids is 2. The van der Waals surface area contributed by atoms with Crippen LogP contribution in [0.4, 0.5) is 5.88 Å². The van der Waals surface area contributed by atoms with Gasteiger partial charge in [-0.05, 0) is 45.7 Å². The van der Waals surface area contributed by atoms with Crippen LogP contribution in [0, 0.1) is 12.8 Å². The zero-order valence-electron chi connectivity index (χ0n) is 12.5. The highest BCUT2D eigenvalue weighted by Gasteiger charge is 2.27. The predicted molar refractivity (Wildman–Crippen MR) is 77.4 cm³/mol.